The molecule has 1 heterocycles. The summed E-state index contributed by atoms with van der Waals surface area (Å²) in [5, 5.41) is 7.57. The Morgan fingerprint density at radius 2 is 1.77 bits per heavy atom. The van der Waals surface area contributed by atoms with Gasteiger partial charge in [0.05, 0.1) is 26.2 Å². The van der Waals surface area contributed by atoms with Gasteiger partial charge in [-0.2, -0.15) is 0 Å². The van der Waals surface area contributed by atoms with E-state index in [1.807, 2.05) is 0 Å². The Bertz CT molecular complexity index is 1090. The zero-order valence-electron chi connectivity index (χ0n) is 15.6. The van der Waals surface area contributed by atoms with E-state index in [-0.39, 0.29) is 16.5 Å². The lowest BCUT2D eigenvalue weighted by Gasteiger charge is -2.15. The van der Waals surface area contributed by atoms with E-state index < -0.39 is 18.0 Å². The maximum Gasteiger partial charge on any atom is 0.338 e. The Hall–Kier alpha value is -2.87. The lowest BCUT2D eigenvalue weighted by molar-refractivity contribution is -0.123. The largest absolute Gasteiger partial charge is 0.449 e. The average molecular weight is 463 g/mol. The fourth-order valence-electron chi connectivity index (χ4n) is 2.44. The van der Waals surface area contributed by atoms with Crippen molar-refractivity contribution in [2.24, 2.45) is 0 Å². The summed E-state index contributed by atoms with van der Waals surface area (Å²) in [5.41, 5.74) is 0.945. The second-order valence-corrected chi connectivity index (χ2v) is 7.88. The van der Waals surface area contributed by atoms with Gasteiger partial charge in [-0.15, -0.1) is 11.3 Å². The van der Waals surface area contributed by atoms with Crippen LogP contribution in [0.25, 0.3) is 0 Å². The van der Waals surface area contributed by atoms with Crippen LogP contribution < -0.4 is 10.6 Å². The number of hydrogen-bond acceptors (Lipinski definition) is 5. The topological polar surface area (TPSA) is 84.5 Å². The number of carbonyl (C=O) groups is 3. The second kappa shape index (κ2) is 9.75. The quantitative estimate of drug-likeness (QED) is 0.474. The predicted octanol–water partition coefficient (Wildman–Crippen LogP) is 5.49. The standard InChI is InChI=1S/C21H16Cl2N2O4S/c1-12(19(26)25-16-8-3-7-15(22)18(16)23)29-21(28)13-5-2-6-14(11-13)24-20(27)17-9-4-10-30-17/h2-12H,1H3,(H,24,27)(H,25,26). The first-order valence-corrected chi connectivity index (χ1v) is 10.4. The van der Waals surface area contributed by atoms with Crippen LogP contribution in [0.2, 0.25) is 10.0 Å². The van der Waals surface area contributed by atoms with Crippen LogP contribution >= 0.6 is 34.5 Å². The Morgan fingerprint density at radius 1 is 1.00 bits per heavy atom. The van der Waals surface area contributed by atoms with Crippen molar-refractivity contribution >= 4 is 63.7 Å². The number of ether oxygens (including phenoxy) is 1. The number of esters is 1. The molecule has 1 atom stereocenters. The maximum absolute atomic E-state index is 12.4. The molecule has 2 N–H and O–H groups in total. The van der Waals surface area contributed by atoms with Crippen LogP contribution in [0.15, 0.2) is 60.0 Å². The van der Waals surface area contributed by atoms with Crippen LogP contribution in [0.3, 0.4) is 0 Å². The predicted molar refractivity (Wildman–Crippen MR) is 119 cm³/mol. The Balaban J connectivity index is 1.63. The molecule has 9 heteroatoms. The Labute approximate surface area is 186 Å². The summed E-state index contributed by atoms with van der Waals surface area (Å²) >= 11 is 13.3. The maximum atomic E-state index is 12.4. The van der Waals surface area contributed by atoms with Crippen molar-refractivity contribution in [2.45, 2.75) is 13.0 Å². The van der Waals surface area contributed by atoms with E-state index in [1.165, 1.54) is 30.4 Å². The molecule has 0 radical (unpaired) electrons. The van der Waals surface area contributed by atoms with Gasteiger partial charge >= 0.3 is 5.97 Å². The van der Waals surface area contributed by atoms with Gasteiger partial charge in [-0.3, -0.25) is 9.59 Å². The van der Waals surface area contributed by atoms with E-state index in [0.717, 1.165) is 0 Å². The summed E-state index contributed by atoms with van der Waals surface area (Å²) in [5.74, 6) is -1.54. The van der Waals surface area contributed by atoms with E-state index in [9.17, 15) is 14.4 Å². The van der Waals surface area contributed by atoms with Crippen LogP contribution in [-0.2, 0) is 9.53 Å². The molecule has 0 saturated carbocycles. The highest BCUT2D eigenvalue weighted by Gasteiger charge is 2.20. The first-order chi connectivity index (χ1) is 14.3. The number of rotatable bonds is 6. The van der Waals surface area contributed by atoms with Crippen LogP contribution in [0.1, 0.15) is 27.0 Å². The highest BCUT2D eigenvalue weighted by atomic mass is 35.5. The summed E-state index contributed by atoms with van der Waals surface area (Å²) in [4.78, 5) is 37.5. The van der Waals surface area contributed by atoms with Crippen LogP contribution in [-0.4, -0.2) is 23.9 Å². The minimum Gasteiger partial charge on any atom is -0.449 e. The molecule has 2 amide bonds. The van der Waals surface area contributed by atoms with Crippen molar-refractivity contribution in [3.05, 3.63) is 80.5 Å². The monoisotopic (exact) mass is 462 g/mol. The summed E-state index contributed by atoms with van der Waals surface area (Å²) in [6.07, 6.45) is -1.09. The number of thiophene rings is 1. The molecular formula is C21H16Cl2N2O4S. The van der Waals surface area contributed by atoms with Gasteiger partial charge in [0.2, 0.25) is 0 Å². The molecule has 30 heavy (non-hydrogen) atoms. The smallest absolute Gasteiger partial charge is 0.338 e. The fourth-order valence-corrected chi connectivity index (χ4v) is 3.41. The third-order valence-corrected chi connectivity index (χ3v) is 5.65. The Morgan fingerprint density at radius 3 is 2.50 bits per heavy atom. The lowest BCUT2D eigenvalue weighted by atomic mass is 10.2. The molecule has 0 aliphatic rings. The minimum absolute atomic E-state index is 0.194. The summed E-state index contributed by atoms with van der Waals surface area (Å²) in [7, 11) is 0. The molecular weight excluding hydrogens is 447 g/mol. The summed E-state index contributed by atoms with van der Waals surface area (Å²) in [6.45, 7) is 1.44. The number of nitrogens with one attached hydrogen (secondary N) is 2. The molecule has 0 fully saturated rings. The first-order valence-electron chi connectivity index (χ1n) is 8.76. The Kier molecular flexibility index (Phi) is 7.10. The van der Waals surface area contributed by atoms with Gasteiger partial charge in [0.25, 0.3) is 11.8 Å². The molecule has 6 nitrogen and oxygen atoms in total. The highest BCUT2D eigenvalue weighted by Crippen LogP contribution is 2.29. The van der Waals surface area contributed by atoms with Gasteiger partial charge < -0.3 is 15.4 Å². The molecule has 0 spiro atoms. The van der Waals surface area contributed by atoms with E-state index in [4.69, 9.17) is 27.9 Å². The van der Waals surface area contributed by atoms with Crippen LogP contribution in [0, 0.1) is 0 Å². The van der Waals surface area contributed by atoms with Crippen molar-refractivity contribution in [1.82, 2.24) is 0 Å². The molecule has 0 aliphatic carbocycles. The highest BCUT2D eigenvalue weighted by molar-refractivity contribution is 7.12. The van der Waals surface area contributed by atoms with Crippen molar-refractivity contribution in [1.29, 1.82) is 0 Å². The van der Waals surface area contributed by atoms with Crippen molar-refractivity contribution in [2.75, 3.05) is 10.6 Å². The third-order valence-electron chi connectivity index (χ3n) is 3.96. The molecule has 0 saturated heterocycles. The zero-order valence-corrected chi connectivity index (χ0v) is 18.0. The number of hydrogen-bond donors (Lipinski definition) is 2. The zero-order chi connectivity index (χ0) is 21.7. The molecule has 154 valence electrons. The van der Waals surface area contributed by atoms with Gasteiger partial charge in [-0.25, -0.2) is 4.79 Å². The van der Waals surface area contributed by atoms with E-state index in [1.54, 1.807) is 47.8 Å². The lowest BCUT2D eigenvalue weighted by Crippen LogP contribution is -2.30. The van der Waals surface area contributed by atoms with Crippen molar-refractivity contribution in [3.8, 4) is 0 Å². The second-order valence-electron chi connectivity index (χ2n) is 6.15. The van der Waals surface area contributed by atoms with Gasteiger partial charge in [0.15, 0.2) is 6.10 Å². The fraction of sp³-hybridized carbons (Fsp3) is 0.0952. The minimum atomic E-state index is -1.09. The number of halogens is 2. The van der Waals surface area contributed by atoms with Crippen molar-refractivity contribution < 1.29 is 19.1 Å². The normalized spacial score (nSPS) is 11.4. The summed E-state index contributed by atoms with van der Waals surface area (Å²) < 4.78 is 5.24. The average Bonchev–Trinajstić information content (AvgIpc) is 3.26. The number of anilines is 2. The SMILES string of the molecule is CC(OC(=O)c1cccc(NC(=O)c2cccs2)c1)C(=O)Nc1cccc(Cl)c1Cl. The number of amides is 2. The molecule has 1 unspecified atom stereocenters. The summed E-state index contributed by atoms with van der Waals surface area (Å²) in [6, 6.07) is 14.6. The first kappa shape index (κ1) is 21.8. The van der Waals surface area contributed by atoms with Crippen molar-refractivity contribution in [3.63, 3.8) is 0 Å². The molecule has 2 aromatic carbocycles. The van der Waals surface area contributed by atoms with Gasteiger partial charge in [-0.05, 0) is 48.7 Å². The molecule has 0 bridgehead atoms. The van der Waals surface area contributed by atoms with Crippen LogP contribution in [0.4, 0.5) is 11.4 Å². The van der Waals surface area contributed by atoms with E-state index in [0.29, 0.717) is 21.3 Å². The van der Waals surface area contributed by atoms with E-state index in [2.05, 4.69) is 10.6 Å². The van der Waals surface area contributed by atoms with E-state index >= 15 is 0 Å². The van der Waals surface area contributed by atoms with Gasteiger partial charge in [-0.1, -0.05) is 41.4 Å². The molecule has 0 aliphatic heterocycles. The van der Waals surface area contributed by atoms with Gasteiger partial charge in [0.1, 0.15) is 0 Å². The molecule has 1 aromatic heterocycles. The van der Waals surface area contributed by atoms with Gasteiger partial charge in [0, 0.05) is 5.69 Å². The third kappa shape index (κ3) is 5.38. The molecule has 3 rings (SSSR count). The number of benzene rings is 2. The molecule has 3 aromatic rings. The number of carbonyl (C=O) groups excluding carboxylic acids is 3. The van der Waals surface area contributed by atoms with Crippen LogP contribution in [0.5, 0.6) is 0 Å².